The molecule has 3 N–H and O–H groups in total. The van der Waals surface area contributed by atoms with Crippen LogP contribution in [0.3, 0.4) is 0 Å². The highest BCUT2D eigenvalue weighted by atomic mass is 35.5. The van der Waals surface area contributed by atoms with Crippen molar-refractivity contribution in [2.75, 3.05) is 6.61 Å². The van der Waals surface area contributed by atoms with Crippen LogP contribution < -0.4 is 9.88 Å². The summed E-state index contributed by atoms with van der Waals surface area (Å²) in [6, 6.07) is 1.23. The molecule has 0 unspecified atom stereocenters. The second kappa shape index (κ2) is 6.08. The topological polar surface area (TPSA) is 103 Å². The first-order valence-electron chi connectivity index (χ1n) is 6.71. The Morgan fingerprint density at radius 3 is 2.67 bits per heavy atom. The highest BCUT2D eigenvalue weighted by molar-refractivity contribution is 7.89. The molecule has 1 saturated carbocycles. The maximum Gasteiger partial charge on any atom is 0.239 e. The minimum absolute atomic E-state index is 0.115. The largest absolute Gasteiger partial charge is 0.476 e. The van der Waals surface area contributed by atoms with Gasteiger partial charge in [0.05, 0.1) is 18.4 Å². The van der Waals surface area contributed by atoms with Crippen LogP contribution in [0.5, 0.6) is 5.88 Å². The molecule has 1 aliphatic rings. The minimum atomic E-state index is -3.82. The average molecular weight is 335 g/mol. The minimum Gasteiger partial charge on any atom is -0.476 e. The summed E-state index contributed by atoms with van der Waals surface area (Å²) in [5.41, 5.74) is -0.580. The summed E-state index contributed by atoms with van der Waals surface area (Å²) in [6.45, 7) is 2.28. The van der Waals surface area contributed by atoms with Gasteiger partial charge < -0.3 is 9.84 Å². The Morgan fingerprint density at radius 1 is 1.52 bits per heavy atom. The normalized spacial score (nSPS) is 26.6. The summed E-state index contributed by atoms with van der Waals surface area (Å²) in [5.74, 6) is 0.530. The Bertz CT molecular complexity index is 609. The molecule has 1 aliphatic carbocycles. The van der Waals surface area contributed by atoms with Crippen molar-refractivity contribution in [1.29, 1.82) is 0 Å². The molecule has 118 valence electrons. The fraction of sp³-hybridized carbons (Fsp3) is 0.615. The number of nitrogens with two attached hydrogens (primary N) is 1. The molecule has 1 aromatic heterocycles. The van der Waals surface area contributed by atoms with Gasteiger partial charge in [-0.15, -0.1) is 0 Å². The molecule has 1 fully saturated rings. The van der Waals surface area contributed by atoms with Gasteiger partial charge in [0.25, 0.3) is 0 Å². The van der Waals surface area contributed by atoms with Crippen LogP contribution in [-0.2, 0) is 10.0 Å². The number of sulfonamides is 1. The van der Waals surface area contributed by atoms with Crippen LogP contribution in [0.2, 0.25) is 5.02 Å². The standard InChI is InChI=1S/C13H19ClN2O4S/c1-13(17)4-2-9(3-5-13)8-20-12-11(14)6-10(7-16-12)21(15,18)19/h6-7,9,17H,2-5,8H2,1H3,(H2,15,18,19)/t9-,13+. The quantitative estimate of drug-likeness (QED) is 0.872. The Morgan fingerprint density at radius 2 is 2.14 bits per heavy atom. The van der Waals surface area contributed by atoms with Crippen LogP contribution in [0.1, 0.15) is 32.6 Å². The van der Waals surface area contributed by atoms with Crippen LogP contribution in [0.25, 0.3) is 0 Å². The van der Waals surface area contributed by atoms with Crippen LogP contribution in [0, 0.1) is 5.92 Å². The second-order valence-corrected chi connectivity index (χ2v) is 7.72. The van der Waals surface area contributed by atoms with E-state index in [4.69, 9.17) is 21.5 Å². The third-order valence-corrected chi connectivity index (χ3v) is 4.90. The van der Waals surface area contributed by atoms with Crippen molar-refractivity contribution in [3.8, 4) is 5.88 Å². The number of hydrogen-bond acceptors (Lipinski definition) is 5. The van der Waals surface area contributed by atoms with E-state index in [1.165, 1.54) is 6.07 Å². The average Bonchev–Trinajstić information content (AvgIpc) is 2.37. The molecule has 0 saturated heterocycles. The fourth-order valence-corrected chi connectivity index (χ4v) is 3.10. The lowest BCUT2D eigenvalue weighted by molar-refractivity contribution is 0.00128. The third kappa shape index (κ3) is 4.54. The van der Waals surface area contributed by atoms with Gasteiger partial charge in [-0.3, -0.25) is 0 Å². The van der Waals surface area contributed by atoms with Crippen molar-refractivity contribution in [2.45, 2.75) is 43.1 Å². The van der Waals surface area contributed by atoms with Crippen molar-refractivity contribution in [3.63, 3.8) is 0 Å². The van der Waals surface area contributed by atoms with Gasteiger partial charge >= 0.3 is 0 Å². The number of pyridine rings is 1. The number of aliphatic hydroxyl groups is 1. The van der Waals surface area contributed by atoms with Crippen molar-refractivity contribution < 1.29 is 18.3 Å². The van der Waals surface area contributed by atoms with Gasteiger partial charge in [0.1, 0.15) is 9.92 Å². The summed E-state index contributed by atoms with van der Waals surface area (Å²) in [6.07, 6.45) is 4.36. The van der Waals surface area contributed by atoms with Gasteiger partial charge in [-0.1, -0.05) is 11.6 Å². The summed E-state index contributed by atoms with van der Waals surface area (Å²) in [7, 11) is -3.82. The number of hydrogen-bond donors (Lipinski definition) is 2. The number of rotatable bonds is 4. The summed E-state index contributed by atoms with van der Waals surface area (Å²) in [4.78, 5) is 3.75. The Labute approximate surface area is 129 Å². The van der Waals surface area contributed by atoms with Gasteiger partial charge in [0.2, 0.25) is 15.9 Å². The van der Waals surface area contributed by atoms with Crippen molar-refractivity contribution in [3.05, 3.63) is 17.3 Å². The van der Waals surface area contributed by atoms with Crippen LogP contribution in [0.4, 0.5) is 0 Å². The fourth-order valence-electron chi connectivity index (χ4n) is 2.33. The molecule has 2 rings (SSSR count). The summed E-state index contributed by atoms with van der Waals surface area (Å²) >= 11 is 5.95. The van der Waals surface area contributed by atoms with Gasteiger partial charge in [0.15, 0.2) is 0 Å². The Kier molecular flexibility index (Phi) is 4.77. The predicted molar refractivity (Wildman–Crippen MR) is 78.7 cm³/mol. The van der Waals surface area contributed by atoms with E-state index in [9.17, 15) is 13.5 Å². The van der Waals surface area contributed by atoms with Crippen LogP contribution in [-0.4, -0.2) is 30.7 Å². The first-order chi connectivity index (χ1) is 9.67. The zero-order valence-electron chi connectivity index (χ0n) is 11.8. The van der Waals surface area contributed by atoms with E-state index >= 15 is 0 Å². The molecule has 1 aromatic rings. The van der Waals surface area contributed by atoms with E-state index in [1.54, 1.807) is 0 Å². The third-order valence-electron chi connectivity index (χ3n) is 3.75. The molecular formula is C13H19ClN2O4S. The number of ether oxygens (including phenoxy) is 1. The molecule has 0 atom stereocenters. The number of halogens is 1. The van der Waals surface area contributed by atoms with Crippen molar-refractivity contribution in [1.82, 2.24) is 4.98 Å². The molecule has 0 radical (unpaired) electrons. The lowest BCUT2D eigenvalue weighted by Crippen LogP contribution is -2.32. The van der Waals surface area contributed by atoms with E-state index in [0.717, 1.165) is 31.9 Å². The van der Waals surface area contributed by atoms with Crippen LogP contribution >= 0.6 is 11.6 Å². The maximum absolute atomic E-state index is 11.2. The molecule has 8 heteroatoms. The molecule has 0 aliphatic heterocycles. The van der Waals surface area contributed by atoms with Crippen molar-refractivity contribution >= 4 is 21.6 Å². The zero-order valence-corrected chi connectivity index (χ0v) is 13.3. The van der Waals surface area contributed by atoms with E-state index in [1.807, 2.05) is 6.92 Å². The SMILES string of the molecule is C[C@]1(O)CC[C@@H](COc2ncc(S(N)(=O)=O)cc2Cl)CC1. The lowest BCUT2D eigenvalue weighted by atomic mass is 9.80. The van der Waals surface area contributed by atoms with E-state index in [0.29, 0.717) is 12.5 Å². The first kappa shape index (κ1) is 16.5. The Hall–Kier alpha value is -0.890. The monoisotopic (exact) mass is 334 g/mol. The van der Waals surface area contributed by atoms with E-state index in [2.05, 4.69) is 4.98 Å². The van der Waals surface area contributed by atoms with Gasteiger partial charge in [-0.25, -0.2) is 18.5 Å². The molecule has 0 amide bonds. The molecule has 1 heterocycles. The second-order valence-electron chi connectivity index (χ2n) is 5.75. The number of primary sulfonamides is 1. The highest BCUT2D eigenvalue weighted by Gasteiger charge is 2.29. The van der Waals surface area contributed by atoms with Gasteiger partial charge in [-0.05, 0) is 44.6 Å². The van der Waals surface area contributed by atoms with Crippen molar-refractivity contribution in [2.24, 2.45) is 11.1 Å². The maximum atomic E-state index is 11.2. The molecule has 21 heavy (non-hydrogen) atoms. The van der Waals surface area contributed by atoms with E-state index in [-0.39, 0.29) is 15.8 Å². The van der Waals surface area contributed by atoms with E-state index < -0.39 is 15.6 Å². The molecular weight excluding hydrogens is 316 g/mol. The molecule has 6 nitrogen and oxygen atoms in total. The predicted octanol–water partition coefficient (Wildman–Crippen LogP) is 1.70. The molecule has 0 bridgehead atoms. The van der Waals surface area contributed by atoms with Gasteiger partial charge in [-0.2, -0.15) is 0 Å². The lowest BCUT2D eigenvalue weighted by Gasteiger charge is -2.32. The summed E-state index contributed by atoms with van der Waals surface area (Å²) in [5, 5.41) is 15.0. The first-order valence-corrected chi connectivity index (χ1v) is 8.63. The summed E-state index contributed by atoms with van der Waals surface area (Å²) < 4.78 is 27.9. The van der Waals surface area contributed by atoms with Gasteiger partial charge in [0, 0.05) is 0 Å². The Balaban J connectivity index is 1.95. The molecule has 0 aromatic carbocycles. The highest BCUT2D eigenvalue weighted by Crippen LogP contribution is 2.32. The zero-order chi connectivity index (χ0) is 15.7. The molecule has 0 spiro atoms. The smallest absolute Gasteiger partial charge is 0.239 e. The number of nitrogens with zero attached hydrogens (tertiary/aromatic N) is 1. The van der Waals surface area contributed by atoms with Crippen LogP contribution in [0.15, 0.2) is 17.2 Å². The number of aromatic nitrogens is 1.